The van der Waals surface area contributed by atoms with Crippen LogP contribution in [0.25, 0.3) is 0 Å². The van der Waals surface area contributed by atoms with Crippen molar-refractivity contribution in [2.24, 2.45) is 0 Å². The predicted molar refractivity (Wildman–Crippen MR) is 90.0 cm³/mol. The molecule has 0 amide bonds. The molecule has 1 aromatic heterocycles. The Morgan fingerprint density at radius 1 is 1.00 bits per heavy atom. The lowest BCUT2D eigenvalue weighted by molar-refractivity contribution is 0.280. The van der Waals surface area contributed by atoms with Gasteiger partial charge in [0.1, 0.15) is 6.61 Å². The summed E-state index contributed by atoms with van der Waals surface area (Å²) >= 11 is 0. The van der Waals surface area contributed by atoms with E-state index in [1.54, 1.807) is 18.2 Å². The number of sulfonamides is 1. The number of nitrogens with zero attached hydrogens (tertiary/aromatic N) is 2. The molecule has 128 valence electrons. The molecule has 0 spiro atoms. The van der Waals surface area contributed by atoms with Crippen LogP contribution in [0.5, 0.6) is 6.01 Å². The van der Waals surface area contributed by atoms with E-state index in [1.807, 2.05) is 30.3 Å². The molecule has 0 bridgehead atoms. The molecule has 3 aromatic rings. The highest BCUT2D eigenvalue weighted by Crippen LogP contribution is 2.19. The minimum Gasteiger partial charge on any atom is -0.459 e. The second-order valence-electron chi connectivity index (χ2n) is 5.04. The second kappa shape index (κ2) is 7.27. The molecule has 0 aliphatic heterocycles. The summed E-state index contributed by atoms with van der Waals surface area (Å²) in [5.41, 5.74) is 0.877. The van der Waals surface area contributed by atoms with E-state index in [2.05, 4.69) is 14.7 Å². The van der Waals surface area contributed by atoms with E-state index < -0.39 is 21.7 Å². The first kappa shape index (κ1) is 16.8. The van der Waals surface area contributed by atoms with Crippen molar-refractivity contribution >= 4 is 15.8 Å². The summed E-state index contributed by atoms with van der Waals surface area (Å²) in [4.78, 5) is 7.51. The molecule has 2 aromatic carbocycles. The quantitative estimate of drug-likeness (QED) is 0.732. The molecule has 25 heavy (non-hydrogen) atoms. The molecule has 1 heterocycles. The fourth-order valence-corrected chi connectivity index (χ4v) is 3.03. The Bertz CT molecular complexity index is 951. The Kier molecular flexibility index (Phi) is 4.90. The highest BCUT2D eigenvalue weighted by molar-refractivity contribution is 7.92. The Morgan fingerprint density at radius 3 is 2.32 bits per heavy atom. The third kappa shape index (κ3) is 4.30. The van der Waals surface area contributed by atoms with Gasteiger partial charge in [0.2, 0.25) is 0 Å². The summed E-state index contributed by atoms with van der Waals surface area (Å²) in [5, 5.41) is 0. The first-order chi connectivity index (χ1) is 12.0. The molecule has 1 N–H and O–H groups in total. The van der Waals surface area contributed by atoms with Gasteiger partial charge in [0.15, 0.2) is 11.6 Å². The number of halogens is 1. The SMILES string of the molecule is O=S(=O)(Nc1nc(OCc2ccccc2)ncc1F)c1ccccc1. The number of hydrogen-bond donors (Lipinski definition) is 1. The van der Waals surface area contributed by atoms with Crippen molar-refractivity contribution in [1.82, 2.24) is 9.97 Å². The van der Waals surface area contributed by atoms with Crippen LogP contribution >= 0.6 is 0 Å². The van der Waals surface area contributed by atoms with Crippen molar-refractivity contribution in [2.45, 2.75) is 11.5 Å². The van der Waals surface area contributed by atoms with Crippen molar-refractivity contribution in [3.8, 4) is 6.01 Å². The molecule has 6 nitrogen and oxygen atoms in total. The molecule has 0 aliphatic rings. The van der Waals surface area contributed by atoms with Crippen LogP contribution in [0.2, 0.25) is 0 Å². The van der Waals surface area contributed by atoms with Crippen molar-refractivity contribution in [2.75, 3.05) is 4.72 Å². The van der Waals surface area contributed by atoms with Crippen molar-refractivity contribution in [3.63, 3.8) is 0 Å². The minimum absolute atomic E-state index is 0.000217. The Morgan fingerprint density at radius 2 is 1.64 bits per heavy atom. The number of hydrogen-bond acceptors (Lipinski definition) is 5. The first-order valence-electron chi connectivity index (χ1n) is 7.32. The van der Waals surface area contributed by atoms with Gasteiger partial charge in [-0.25, -0.2) is 17.8 Å². The molecule has 3 rings (SSSR count). The van der Waals surface area contributed by atoms with Crippen molar-refractivity contribution < 1.29 is 17.5 Å². The summed E-state index contributed by atoms with van der Waals surface area (Å²) in [6.07, 6.45) is 0.857. The van der Waals surface area contributed by atoms with E-state index in [-0.39, 0.29) is 17.5 Å². The average molecular weight is 359 g/mol. The number of benzene rings is 2. The summed E-state index contributed by atoms with van der Waals surface area (Å²) in [6.45, 7) is 0.178. The molecule has 0 unspecified atom stereocenters. The molecule has 0 saturated carbocycles. The van der Waals surface area contributed by atoms with Gasteiger partial charge >= 0.3 is 6.01 Å². The van der Waals surface area contributed by atoms with Gasteiger partial charge in [-0.05, 0) is 17.7 Å². The van der Waals surface area contributed by atoms with E-state index in [9.17, 15) is 12.8 Å². The lowest BCUT2D eigenvalue weighted by Crippen LogP contribution is -2.15. The molecular formula is C17H14FN3O3S. The van der Waals surface area contributed by atoms with Crippen LogP contribution in [-0.2, 0) is 16.6 Å². The zero-order valence-corrected chi connectivity index (χ0v) is 13.8. The van der Waals surface area contributed by atoms with Gasteiger partial charge in [-0.15, -0.1) is 0 Å². The lowest BCUT2D eigenvalue weighted by Gasteiger charge is -2.09. The number of ether oxygens (including phenoxy) is 1. The maximum Gasteiger partial charge on any atom is 0.318 e. The topological polar surface area (TPSA) is 81.2 Å². The Labute approximate surface area is 144 Å². The van der Waals surface area contributed by atoms with Gasteiger partial charge in [0, 0.05) is 0 Å². The van der Waals surface area contributed by atoms with Gasteiger partial charge < -0.3 is 4.74 Å². The average Bonchev–Trinajstić information content (AvgIpc) is 2.64. The smallest absolute Gasteiger partial charge is 0.318 e. The van der Waals surface area contributed by atoms with Crippen LogP contribution in [0, 0.1) is 5.82 Å². The van der Waals surface area contributed by atoms with Gasteiger partial charge in [-0.3, -0.25) is 4.72 Å². The van der Waals surface area contributed by atoms with Gasteiger partial charge in [0.05, 0.1) is 11.1 Å². The van der Waals surface area contributed by atoms with E-state index in [4.69, 9.17) is 4.74 Å². The third-order valence-electron chi connectivity index (χ3n) is 3.22. The van der Waals surface area contributed by atoms with Crippen LogP contribution in [-0.4, -0.2) is 18.4 Å². The maximum absolute atomic E-state index is 13.9. The third-order valence-corrected chi connectivity index (χ3v) is 4.57. The number of nitrogens with one attached hydrogen (secondary N) is 1. The maximum atomic E-state index is 13.9. The fourth-order valence-electron chi connectivity index (χ4n) is 2.00. The largest absolute Gasteiger partial charge is 0.459 e. The zero-order chi connectivity index (χ0) is 17.7. The highest BCUT2D eigenvalue weighted by atomic mass is 32.2. The molecule has 0 saturated heterocycles. The molecule has 0 fully saturated rings. The summed E-state index contributed by atoms with van der Waals surface area (Å²) in [7, 11) is -3.96. The Hall–Kier alpha value is -3.00. The van der Waals surface area contributed by atoms with E-state index in [0.717, 1.165) is 11.8 Å². The van der Waals surface area contributed by atoms with Gasteiger partial charge in [0.25, 0.3) is 10.0 Å². The zero-order valence-electron chi connectivity index (χ0n) is 13.0. The van der Waals surface area contributed by atoms with E-state index in [0.29, 0.717) is 0 Å². The van der Waals surface area contributed by atoms with Crippen LogP contribution in [0.1, 0.15) is 5.56 Å². The second-order valence-corrected chi connectivity index (χ2v) is 6.72. The van der Waals surface area contributed by atoms with Crippen LogP contribution in [0.15, 0.2) is 71.8 Å². The summed E-state index contributed by atoms with van der Waals surface area (Å²) in [6, 6.07) is 16.8. The molecule has 0 aliphatic carbocycles. The van der Waals surface area contributed by atoms with Crippen molar-refractivity contribution in [3.05, 3.63) is 78.2 Å². The molecule has 8 heteroatoms. The van der Waals surface area contributed by atoms with Crippen LogP contribution in [0.4, 0.5) is 10.2 Å². The normalized spacial score (nSPS) is 11.1. The molecule has 0 atom stereocenters. The fraction of sp³-hybridized carbons (Fsp3) is 0.0588. The van der Waals surface area contributed by atoms with Gasteiger partial charge in [-0.2, -0.15) is 4.98 Å². The lowest BCUT2D eigenvalue weighted by atomic mass is 10.2. The first-order valence-corrected chi connectivity index (χ1v) is 8.80. The highest BCUT2D eigenvalue weighted by Gasteiger charge is 2.18. The monoisotopic (exact) mass is 359 g/mol. The van der Waals surface area contributed by atoms with Crippen LogP contribution in [0.3, 0.4) is 0 Å². The number of rotatable bonds is 6. The van der Waals surface area contributed by atoms with Crippen molar-refractivity contribution in [1.29, 1.82) is 0 Å². The number of aromatic nitrogens is 2. The standard InChI is InChI=1S/C17H14FN3O3S/c18-15-11-19-17(24-12-13-7-3-1-4-8-13)20-16(15)21-25(22,23)14-9-5-2-6-10-14/h1-11H,12H2,(H,19,20,21). The minimum atomic E-state index is -3.96. The predicted octanol–water partition coefficient (Wildman–Crippen LogP) is 3.00. The van der Waals surface area contributed by atoms with E-state index >= 15 is 0 Å². The molecule has 0 radical (unpaired) electrons. The number of anilines is 1. The van der Waals surface area contributed by atoms with Crippen LogP contribution < -0.4 is 9.46 Å². The van der Waals surface area contributed by atoms with E-state index in [1.165, 1.54) is 12.1 Å². The molecular weight excluding hydrogens is 345 g/mol. The van der Waals surface area contributed by atoms with Gasteiger partial charge in [-0.1, -0.05) is 48.5 Å². The Balaban J connectivity index is 1.78. The summed E-state index contributed by atoms with van der Waals surface area (Å²) < 4.78 is 45.9. The summed E-state index contributed by atoms with van der Waals surface area (Å²) in [5.74, 6) is -1.37.